The van der Waals surface area contributed by atoms with Crippen LogP contribution >= 0.6 is 11.6 Å². The maximum absolute atomic E-state index is 12.9. The molecule has 0 unspecified atom stereocenters. The first kappa shape index (κ1) is 21.9. The standard InChI is InChI=1S/C23H26ClN3O3/c1-2-30-13-7-12-25-23(29)21(27-22(28)18-9-3-5-10-19(18)24)14-16-15-26-20-11-6-4-8-17(16)20/h3-6,8-11,15,21,26H,2,7,12-14H2,1H3,(H,25,29)(H,27,28)/t21-/m0/s1. The highest BCUT2D eigenvalue weighted by Gasteiger charge is 2.23. The summed E-state index contributed by atoms with van der Waals surface area (Å²) in [6.07, 6.45) is 2.94. The van der Waals surface area contributed by atoms with Crippen LogP contribution in [0.3, 0.4) is 0 Å². The minimum atomic E-state index is -0.736. The second-order valence-electron chi connectivity index (χ2n) is 6.91. The summed E-state index contributed by atoms with van der Waals surface area (Å²) >= 11 is 6.15. The third-order valence-electron chi connectivity index (χ3n) is 4.81. The third kappa shape index (κ3) is 5.62. The number of fused-ring (bicyclic) bond motifs is 1. The summed E-state index contributed by atoms with van der Waals surface area (Å²) in [5.41, 5.74) is 2.28. The van der Waals surface area contributed by atoms with Crippen molar-refractivity contribution in [3.8, 4) is 0 Å². The largest absolute Gasteiger partial charge is 0.382 e. The molecule has 2 amide bonds. The van der Waals surface area contributed by atoms with Gasteiger partial charge in [0.05, 0.1) is 10.6 Å². The zero-order chi connectivity index (χ0) is 21.3. The molecule has 0 bridgehead atoms. The quantitative estimate of drug-likeness (QED) is 0.431. The minimum absolute atomic E-state index is 0.239. The van der Waals surface area contributed by atoms with Gasteiger partial charge in [0.1, 0.15) is 6.04 Å². The lowest BCUT2D eigenvalue weighted by Crippen LogP contribution is -2.48. The van der Waals surface area contributed by atoms with Gasteiger partial charge in [-0.25, -0.2) is 0 Å². The average Bonchev–Trinajstić information content (AvgIpc) is 3.16. The number of para-hydroxylation sites is 1. The zero-order valence-corrected chi connectivity index (χ0v) is 17.7. The molecule has 0 aliphatic carbocycles. The third-order valence-corrected chi connectivity index (χ3v) is 5.14. The van der Waals surface area contributed by atoms with Crippen LogP contribution in [0.1, 0.15) is 29.3 Å². The first-order chi connectivity index (χ1) is 14.6. The number of benzene rings is 2. The highest BCUT2D eigenvalue weighted by atomic mass is 35.5. The van der Waals surface area contributed by atoms with Crippen molar-refractivity contribution in [2.45, 2.75) is 25.8 Å². The highest BCUT2D eigenvalue weighted by Crippen LogP contribution is 2.20. The van der Waals surface area contributed by atoms with Crippen molar-refractivity contribution in [1.29, 1.82) is 0 Å². The van der Waals surface area contributed by atoms with Crippen LogP contribution in [0.15, 0.2) is 54.7 Å². The average molecular weight is 428 g/mol. The van der Waals surface area contributed by atoms with Crippen molar-refractivity contribution < 1.29 is 14.3 Å². The van der Waals surface area contributed by atoms with Gasteiger partial charge in [-0.2, -0.15) is 0 Å². The van der Waals surface area contributed by atoms with Gasteiger partial charge in [-0.05, 0) is 37.1 Å². The van der Waals surface area contributed by atoms with E-state index < -0.39 is 6.04 Å². The molecule has 0 saturated heterocycles. The van der Waals surface area contributed by atoms with Crippen molar-refractivity contribution in [3.05, 3.63) is 70.9 Å². The van der Waals surface area contributed by atoms with E-state index in [1.54, 1.807) is 24.3 Å². The molecule has 30 heavy (non-hydrogen) atoms. The molecule has 1 aromatic heterocycles. The molecule has 0 spiro atoms. The number of carbonyl (C=O) groups is 2. The minimum Gasteiger partial charge on any atom is -0.382 e. The van der Waals surface area contributed by atoms with Gasteiger partial charge < -0.3 is 20.4 Å². The van der Waals surface area contributed by atoms with E-state index >= 15 is 0 Å². The number of rotatable bonds is 10. The summed E-state index contributed by atoms with van der Waals surface area (Å²) in [4.78, 5) is 28.9. The summed E-state index contributed by atoms with van der Waals surface area (Å²) in [5.74, 6) is -0.618. The SMILES string of the molecule is CCOCCCNC(=O)[C@H](Cc1c[nH]c2ccccc12)NC(=O)c1ccccc1Cl. The number of ether oxygens (including phenoxy) is 1. The van der Waals surface area contributed by atoms with E-state index in [0.717, 1.165) is 16.5 Å². The monoisotopic (exact) mass is 427 g/mol. The van der Waals surface area contributed by atoms with E-state index in [1.807, 2.05) is 37.4 Å². The van der Waals surface area contributed by atoms with Crippen molar-refractivity contribution in [2.24, 2.45) is 0 Å². The second-order valence-corrected chi connectivity index (χ2v) is 7.32. The first-order valence-corrected chi connectivity index (χ1v) is 10.4. The summed E-state index contributed by atoms with van der Waals surface area (Å²) in [7, 11) is 0. The molecule has 158 valence electrons. The van der Waals surface area contributed by atoms with Gasteiger partial charge in [-0.15, -0.1) is 0 Å². The Morgan fingerprint density at radius 3 is 2.70 bits per heavy atom. The van der Waals surface area contributed by atoms with E-state index in [1.165, 1.54) is 0 Å². The van der Waals surface area contributed by atoms with Crippen molar-refractivity contribution >= 4 is 34.3 Å². The fourth-order valence-corrected chi connectivity index (χ4v) is 3.49. The Bertz CT molecular complexity index is 1000. The molecule has 7 heteroatoms. The number of nitrogens with one attached hydrogen (secondary N) is 3. The molecule has 0 radical (unpaired) electrons. The highest BCUT2D eigenvalue weighted by molar-refractivity contribution is 6.33. The summed E-state index contributed by atoms with van der Waals surface area (Å²) < 4.78 is 5.30. The van der Waals surface area contributed by atoms with Crippen LogP contribution in [0, 0.1) is 0 Å². The lowest BCUT2D eigenvalue weighted by Gasteiger charge is -2.19. The number of halogens is 1. The van der Waals surface area contributed by atoms with Gasteiger partial charge >= 0.3 is 0 Å². The predicted molar refractivity (Wildman–Crippen MR) is 119 cm³/mol. The molecule has 0 fully saturated rings. The number of hydrogen-bond acceptors (Lipinski definition) is 3. The molecule has 0 aliphatic rings. The van der Waals surface area contributed by atoms with Crippen LogP contribution in [-0.4, -0.2) is 42.6 Å². The fraction of sp³-hybridized carbons (Fsp3) is 0.304. The molecule has 2 aromatic carbocycles. The molecule has 0 saturated carbocycles. The Labute approximate surface area is 181 Å². The normalized spacial score (nSPS) is 11.9. The lowest BCUT2D eigenvalue weighted by molar-refractivity contribution is -0.123. The maximum Gasteiger partial charge on any atom is 0.253 e. The summed E-state index contributed by atoms with van der Waals surface area (Å²) in [5, 5.41) is 7.12. The van der Waals surface area contributed by atoms with Gasteiger partial charge in [0.2, 0.25) is 5.91 Å². The van der Waals surface area contributed by atoms with E-state index in [-0.39, 0.29) is 11.8 Å². The van der Waals surface area contributed by atoms with Crippen LogP contribution in [0.25, 0.3) is 10.9 Å². The molecule has 3 N–H and O–H groups in total. The number of amides is 2. The smallest absolute Gasteiger partial charge is 0.253 e. The second kappa shape index (κ2) is 10.8. The molecule has 0 aliphatic heterocycles. The number of carbonyl (C=O) groups excluding carboxylic acids is 2. The topological polar surface area (TPSA) is 83.2 Å². The summed E-state index contributed by atoms with van der Waals surface area (Å²) in [6.45, 7) is 3.63. The van der Waals surface area contributed by atoms with E-state index in [4.69, 9.17) is 16.3 Å². The van der Waals surface area contributed by atoms with Crippen LogP contribution in [-0.2, 0) is 16.0 Å². The molecule has 6 nitrogen and oxygen atoms in total. The van der Waals surface area contributed by atoms with Gasteiger partial charge in [0, 0.05) is 43.3 Å². The molecule has 3 rings (SSSR count). The molecule has 1 atom stereocenters. The van der Waals surface area contributed by atoms with Crippen molar-refractivity contribution in [1.82, 2.24) is 15.6 Å². The Hall–Kier alpha value is -2.83. The van der Waals surface area contributed by atoms with Crippen LogP contribution < -0.4 is 10.6 Å². The Morgan fingerprint density at radius 1 is 1.13 bits per heavy atom. The number of aromatic nitrogens is 1. The molecular formula is C23H26ClN3O3. The molecule has 1 heterocycles. The van der Waals surface area contributed by atoms with Gasteiger partial charge in [0.25, 0.3) is 5.91 Å². The van der Waals surface area contributed by atoms with Crippen molar-refractivity contribution in [3.63, 3.8) is 0 Å². The number of hydrogen-bond donors (Lipinski definition) is 3. The Balaban J connectivity index is 1.74. The van der Waals surface area contributed by atoms with Crippen LogP contribution in [0.2, 0.25) is 5.02 Å². The van der Waals surface area contributed by atoms with Crippen LogP contribution in [0.5, 0.6) is 0 Å². The van der Waals surface area contributed by atoms with Crippen LogP contribution in [0.4, 0.5) is 0 Å². The van der Waals surface area contributed by atoms with E-state index in [2.05, 4.69) is 15.6 Å². The van der Waals surface area contributed by atoms with E-state index in [0.29, 0.717) is 43.2 Å². The summed E-state index contributed by atoms with van der Waals surface area (Å²) in [6, 6.07) is 13.9. The Morgan fingerprint density at radius 2 is 1.90 bits per heavy atom. The van der Waals surface area contributed by atoms with Gasteiger partial charge in [-0.1, -0.05) is 41.9 Å². The number of aromatic amines is 1. The maximum atomic E-state index is 12.9. The lowest BCUT2D eigenvalue weighted by atomic mass is 10.0. The van der Waals surface area contributed by atoms with Crippen molar-refractivity contribution in [2.75, 3.05) is 19.8 Å². The fourth-order valence-electron chi connectivity index (χ4n) is 3.26. The van der Waals surface area contributed by atoms with E-state index in [9.17, 15) is 9.59 Å². The van der Waals surface area contributed by atoms with Gasteiger partial charge in [0.15, 0.2) is 0 Å². The first-order valence-electron chi connectivity index (χ1n) is 10.1. The molecule has 3 aromatic rings. The van der Waals surface area contributed by atoms with Gasteiger partial charge in [-0.3, -0.25) is 9.59 Å². The zero-order valence-electron chi connectivity index (χ0n) is 16.9. The predicted octanol–water partition coefficient (Wildman–Crippen LogP) is 3.71. The Kier molecular flexibility index (Phi) is 7.88. The number of H-pyrrole nitrogens is 1. The molecular weight excluding hydrogens is 402 g/mol.